The van der Waals surface area contributed by atoms with Gasteiger partial charge in [-0.1, -0.05) is 29.8 Å². The van der Waals surface area contributed by atoms with E-state index in [1.165, 1.54) is 55.6 Å². The lowest BCUT2D eigenvalue weighted by Crippen LogP contribution is -2.54. The monoisotopic (exact) mass is 537 g/mol. The maximum absolute atomic E-state index is 13.1. The summed E-state index contributed by atoms with van der Waals surface area (Å²) >= 11 is 0. The molecule has 1 heterocycles. The first kappa shape index (κ1) is 26.0. The minimum atomic E-state index is -4.18. The number of hydrogen-bond acceptors (Lipinski definition) is 9. The summed E-state index contributed by atoms with van der Waals surface area (Å²) in [6, 6.07) is 13.8. The topological polar surface area (TPSA) is 162 Å². The number of nitrogens with one attached hydrogen (secondary N) is 1. The van der Waals surface area contributed by atoms with Crippen LogP contribution in [-0.2, 0) is 19.7 Å². The van der Waals surface area contributed by atoms with Crippen molar-refractivity contribution < 1.29 is 36.6 Å². The van der Waals surface area contributed by atoms with Gasteiger partial charge in [0.15, 0.2) is 11.5 Å². The molecule has 38 heavy (non-hydrogen) atoms. The number of hydrogen-bond donors (Lipinski definition) is 1. The second-order valence-electron chi connectivity index (χ2n) is 8.00. The van der Waals surface area contributed by atoms with Gasteiger partial charge < -0.3 is 8.92 Å². The van der Waals surface area contributed by atoms with E-state index in [0.717, 1.165) is 17.7 Å². The number of non-ortho nitro benzene ring substituents is 1. The third kappa shape index (κ3) is 5.22. The highest BCUT2D eigenvalue weighted by Gasteiger charge is 2.37. The third-order valence-electron chi connectivity index (χ3n) is 5.41. The number of aryl methyl sites for hydroxylation is 1. The standard InChI is InChI=1S/C25H19N3O9S/c1-15-6-9-19(10-7-15)38(34,35)37-21-11-8-16(13-22(21)36-2)12-20-23(29)26-25(31)27(24(20)30)17-4-3-5-18(14-17)28(32)33/h3-14H,1-2H3,(H,26,29,31)/b20-12+. The minimum Gasteiger partial charge on any atom is -0.493 e. The molecule has 1 aliphatic rings. The van der Waals surface area contributed by atoms with Crippen LogP contribution in [0.4, 0.5) is 16.2 Å². The number of rotatable bonds is 7. The van der Waals surface area contributed by atoms with Crippen molar-refractivity contribution in [2.45, 2.75) is 11.8 Å². The molecule has 0 unspecified atom stereocenters. The van der Waals surface area contributed by atoms with Gasteiger partial charge in [-0.2, -0.15) is 8.42 Å². The van der Waals surface area contributed by atoms with Crippen molar-refractivity contribution in [3.05, 3.63) is 93.5 Å². The fraction of sp³-hybridized carbons (Fsp3) is 0.0800. The zero-order chi connectivity index (χ0) is 27.6. The Kier molecular flexibility index (Phi) is 6.95. The Morgan fingerprint density at radius 1 is 0.974 bits per heavy atom. The summed E-state index contributed by atoms with van der Waals surface area (Å²) in [5.41, 5.74) is 0.202. The molecule has 0 aliphatic carbocycles. The molecule has 0 bridgehead atoms. The van der Waals surface area contributed by atoms with E-state index in [4.69, 9.17) is 8.92 Å². The zero-order valence-corrected chi connectivity index (χ0v) is 20.7. The lowest BCUT2D eigenvalue weighted by Gasteiger charge is -2.26. The number of carbonyl (C=O) groups excluding carboxylic acids is 3. The van der Waals surface area contributed by atoms with E-state index in [2.05, 4.69) is 0 Å². The number of imide groups is 2. The third-order valence-corrected chi connectivity index (χ3v) is 6.66. The molecule has 0 aromatic heterocycles. The largest absolute Gasteiger partial charge is 0.493 e. The average molecular weight is 538 g/mol. The van der Waals surface area contributed by atoms with Crippen molar-refractivity contribution in [3.8, 4) is 11.5 Å². The van der Waals surface area contributed by atoms with Crippen LogP contribution < -0.4 is 19.1 Å². The molecule has 12 nitrogen and oxygen atoms in total. The van der Waals surface area contributed by atoms with Gasteiger partial charge in [-0.3, -0.25) is 25.0 Å². The molecule has 4 rings (SSSR count). The Bertz CT molecular complexity index is 1610. The Morgan fingerprint density at radius 3 is 2.34 bits per heavy atom. The summed E-state index contributed by atoms with van der Waals surface area (Å²) in [4.78, 5) is 48.9. The molecule has 1 saturated heterocycles. The van der Waals surface area contributed by atoms with Gasteiger partial charge in [0.25, 0.3) is 17.5 Å². The Hall–Kier alpha value is -5.04. The number of barbiturate groups is 1. The second kappa shape index (κ2) is 10.1. The molecular formula is C25H19N3O9S. The number of anilines is 1. The molecule has 1 fully saturated rings. The number of carbonyl (C=O) groups is 3. The van der Waals surface area contributed by atoms with Crippen molar-refractivity contribution in [1.29, 1.82) is 0 Å². The van der Waals surface area contributed by atoms with Crippen LogP contribution in [0.3, 0.4) is 0 Å². The quantitative estimate of drug-likeness (QED) is 0.157. The predicted octanol–water partition coefficient (Wildman–Crippen LogP) is 3.35. The van der Waals surface area contributed by atoms with Crippen LogP contribution in [0.1, 0.15) is 11.1 Å². The summed E-state index contributed by atoms with van der Waals surface area (Å²) < 4.78 is 35.8. The molecule has 1 aliphatic heterocycles. The first-order valence-electron chi connectivity index (χ1n) is 10.9. The fourth-order valence-electron chi connectivity index (χ4n) is 3.52. The van der Waals surface area contributed by atoms with E-state index < -0.39 is 38.5 Å². The molecule has 13 heteroatoms. The Labute approximate surface area is 216 Å². The summed E-state index contributed by atoms with van der Waals surface area (Å²) in [6.07, 6.45) is 1.16. The van der Waals surface area contributed by atoms with Crippen LogP contribution in [0, 0.1) is 17.0 Å². The number of amides is 4. The van der Waals surface area contributed by atoms with E-state index in [1.54, 1.807) is 12.1 Å². The van der Waals surface area contributed by atoms with E-state index >= 15 is 0 Å². The van der Waals surface area contributed by atoms with Gasteiger partial charge in [-0.05, 0) is 48.9 Å². The maximum Gasteiger partial charge on any atom is 0.339 e. The smallest absolute Gasteiger partial charge is 0.339 e. The van der Waals surface area contributed by atoms with Crippen LogP contribution in [0.5, 0.6) is 11.5 Å². The van der Waals surface area contributed by atoms with Crippen LogP contribution in [-0.4, -0.2) is 38.3 Å². The lowest BCUT2D eigenvalue weighted by atomic mass is 10.1. The van der Waals surface area contributed by atoms with Gasteiger partial charge in [-0.25, -0.2) is 9.69 Å². The first-order chi connectivity index (χ1) is 18.0. The van der Waals surface area contributed by atoms with Gasteiger partial charge >= 0.3 is 16.1 Å². The summed E-state index contributed by atoms with van der Waals surface area (Å²) in [6.45, 7) is 1.81. The molecule has 0 spiro atoms. The summed E-state index contributed by atoms with van der Waals surface area (Å²) in [5, 5.41) is 13.1. The van der Waals surface area contributed by atoms with Crippen molar-refractivity contribution >= 4 is 45.4 Å². The van der Waals surface area contributed by atoms with Gasteiger partial charge in [0.1, 0.15) is 10.5 Å². The molecule has 194 valence electrons. The van der Waals surface area contributed by atoms with Crippen LogP contribution in [0.2, 0.25) is 0 Å². The van der Waals surface area contributed by atoms with E-state index in [1.807, 2.05) is 12.2 Å². The van der Waals surface area contributed by atoms with Gasteiger partial charge in [0.2, 0.25) is 0 Å². The van der Waals surface area contributed by atoms with Gasteiger partial charge in [0.05, 0.1) is 17.7 Å². The second-order valence-corrected chi connectivity index (χ2v) is 9.54. The van der Waals surface area contributed by atoms with Crippen LogP contribution in [0.15, 0.2) is 77.2 Å². The normalized spacial score (nSPS) is 14.8. The molecule has 4 amide bonds. The van der Waals surface area contributed by atoms with Gasteiger partial charge in [0, 0.05) is 12.1 Å². The molecular weight excluding hydrogens is 518 g/mol. The van der Waals surface area contributed by atoms with E-state index in [-0.39, 0.29) is 33.3 Å². The van der Waals surface area contributed by atoms with Crippen molar-refractivity contribution in [2.75, 3.05) is 12.0 Å². The Balaban J connectivity index is 1.66. The van der Waals surface area contributed by atoms with E-state index in [9.17, 15) is 32.9 Å². The van der Waals surface area contributed by atoms with Crippen molar-refractivity contribution in [2.24, 2.45) is 0 Å². The molecule has 3 aromatic carbocycles. The maximum atomic E-state index is 13.1. The van der Waals surface area contributed by atoms with Crippen molar-refractivity contribution in [1.82, 2.24) is 5.32 Å². The minimum absolute atomic E-state index is 0.00896. The van der Waals surface area contributed by atoms with E-state index in [0.29, 0.717) is 4.90 Å². The number of nitro benzene ring substituents is 1. The lowest BCUT2D eigenvalue weighted by molar-refractivity contribution is -0.384. The molecule has 0 saturated carbocycles. The molecule has 0 atom stereocenters. The Morgan fingerprint density at radius 2 is 1.68 bits per heavy atom. The number of nitrogens with zero attached hydrogens (tertiary/aromatic N) is 2. The number of benzene rings is 3. The summed E-state index contributed by atoms with van der Waals surface area (Å²) in [7, 11) is -2.90. The molecule has 1 N–H and O–H groups in total. The summed E-state index contributed by atoms with van der Waals surface area (Å²) in [5.74, 6) is -2.14. The van der Waals surface area contributed by atoms with Crippen molar-refractivity contribution in [3.63, 3.8) is 0 Å². The molecule has 0 radical (unpaired) electrons. The highest BCUT2D eigenvalue weighted by molar-refractivity contribution is 7.87. The SMILES string of the molecule is COc1cc(/C=C2\C(=O)NC(=O)N(c3cccc([N+](=O)[O-])c3)C2=O)ccc1OS(=O)(=O)c1ccc(C)cc1. The number of methoxy groups -OCH3 is 1. The average Bonchev–Trinajstić information content (AvgIpc) is 2.87. The van der Waals surface area contributed by atoms with Crippen LogP contribution in [0.25, 0.3) is 6.08 Å². The number of urea groups is 1. The fourth-order valence-corrected chi connectivity index (χ4v) is 4.46. The zero-order valence-electron chi connectivity index (χ0n) is 19.9. The predicted molar refractivity (Wildman–Crippen MR) is 134 cm³/mol. The highest BCUT2D eigenvalue weighted by atomic mass is 32.2. The van der Waals surface area contributed by atoms with Gasteiger partial charge in [-0.15, -0.1) is 0 Å². The molecule has 3 aromatic rings. The highest BCUT2D eigenvalue weighted by Crippen LogP contribution is 2.32. The van der Waals surface area contributed by atoms with Crippen LogP contribution >= 0.6 is 0 Å². The number of nitro groups is 1. The number of ether oxygens (including phenoxy) is 1. The first-order valence-corrected chi connectivity index (χ1v) is 12.3.